The molecule has 0 aliphatic carbocycles. The summed E-state index contributed by atoms with van der Waals surface area (Å²) in [5, 5.41) is 5.32. The summed E-state index contributed by atoms with van der Waals surface area (Å²) in [5.74, 6) is 0.172. The van der Waals surface area contributed by atoms with Crippen LogP contribution in [0.1, 0.15) is 12.0 Å². The number of para-hydroxylation sites is 1. The summed E-state index contributed by atoms with van der Waals surface area (Å²) in [6.45, 7) is 0.285. The molecule has 0 unspecified atom stereocenters. The van der Waals surface area contributed by atoms with Gasteiger partial charge in [0, 0.05) is 24.7 Å². The van der Waals surface area contributed by atoms with Gasteiger partial charge in [-0.25, -0.2) is 0 Å². The first kappa shape index (κ1) is 17.7. The van der Waals surface area contributed by atoms with Crippen LogP contribution in [0.4, 0.5) is 24.5 Å². The molecule has 7 heteroatoms. The molecule has 0 spiro atoms. The molecule has 0 aliphatic heterocycles. The topological polar surface area (TPSA) is 50.4 Å². The maximum absolute atomic E-state index is 12.9. The molecule has 0 radical (unpaired) electrons. The highest BCUT2D eigenvalue weighted by Crippen LogP contribution is 2.34. The molecule has 0 heterocycles. The number of carbonyl (C=O) groups is 1. The average molecular weight is 338 g/mol. The first-order chi connectivity index (χ1) is 11.4. The van der Waals surface area contributed by atoms with Crippen LogP contribution < -0.4 is 15.4 Å². The minimum Gasteiger partial charge on any atom is -0.497 e. The summed E-state index contributed by atoms with van der Waals surface area (Å²) in [6.07, 6.45) is -4.48. The molecule has 2 aromatic carbocycles. The molecule has 4 nitrogen and oxygen atoms in total. The number of anilines is 2. The van der Waals surface area contributed by atoms with Crippen LogP contribution in [0.15, 0.2) is 48.5 Å². The van der Waals surface area contributed by atoms with Gasteiger partial charge >= 0.3 is 6.18 Å². The largest absolute Gasteiger partial charge is 0.497 e. The normalized spacial score (nSPS) is 11.0. The first-order valence-corrected chi connectivity index (χ1v) is 7.24. The van der Waals surface area contributed by atoms with Crippen molar-refractivity contribution in [1.82, 2.24) is 0 Å². The molecule has 0 atom stereocenters. The van der Waals surface area contributed by atoms with Crippen molar-refractivity contribution in [2.24, 2.45) is 0 Å². The van der Waals surface area contributed by atoms with E-state index in [1.807, 2.05) is 0 Å². The molecule has 1 amide bonds. The third-order valence-corrected chi connectivity index (χ3v) is 3.26. The zero-order valence-electron chi connectivity index (χ0n) is 13.0. The van der Waals surface area contributed by atoms with Gasteiger partial charge in [0.2, 0.25) is 5.91 Å². The standard InChI is InChI=1S/C17H17F3N2O2/c1-24-13-6-4-5-12(11-13)21-10-9-16(23)22-15-8-3-2-7-14(15)17(18,19)20/h2-8,11,21H,9-10H2,1H3,(H,22,23). The van der Waals surface area contributed by atoms with E-state index in [1.54, 1.807) is 31.4 Å². The summed E-state index contributed by atoms with van der Waals surface area (Å²) in [4.78, 5) is 11.9. The average Bonchev–Trinajstić information content (AvgIpc) is 2.54. The maximum atomic E-state index is 12.9. The Morgan fingerprint density at radius 3 is 2.58 bits per heavy atom. The van der Waals surface area contributed by atoms with Gasteiger partial charge in [-0.1, -0.05) is 18.2 Å². The third kappa shape index (κ3) is 4.91. The Hall–Kier alpha value is -2.70. The Bertz CT molecular complexity index is 702. The van der Waals surface area contributed by atoms with E-state index in [0.29, 0.717) is 5.75 Å². The van der Waals surface area contributed by atoms with Crippen molar-refractivity contribution < 1.29 is 22.7 Å². The molecular weight excluding hydrogens is 321 g/mol. The van der Waals surface area contributed by atoms with Gasteiger partial charge in [-0.15, -0.1) is 0 Å². The van der Waals surface area contributed by atoms with Crippen LogP contribution in [-0.4, -0.2) is 19.6 Å². The quantitative estimate of drug-likeness (QED) is 0.832. The van der Waals surface area contributed by atoms with Crippen LogP contribution in [0.2, 0.25) is 0 Å². The van der Waals surface area contributed by atoms with Crippen molar-refractivity contribution in [3.05, 3.63) is 54.1 Å². The van der Waals surface area contributed by atoms with Gasteiger partial charge in [-0.05, 0) is 24.3 Å². The van der Waals surface area contributed by atoms with Crippen molar-refractivity contribution in [1.29, 1.82) is 0 Å². The molecule has 2 rings (SSSR count). The molecule has 2 aromatic rings. The minimum atomic E-state index is -4.51. The molecule has 128 valence electrons. The summed E-state index contributed by atoms with van der Waals surface area (Å²) in [7, 11) is 1.55. The van der Waals surface area contributed by atoms with Gasteiger partial charge in [-0.2, -0.15) is 13.2 Å². The summed E-state index contributed by atoms with van der Waals surface area (Å²) in [5.41, 5.74) is -0.340. The lowest BCUT2D eigenvalue weighted by atomic mass is 10.1. The molecule has 0 bridgehead atoms. The Balaban J connectivity index is 1.90. The predicted octanol–water partition coefficient (Wildman–Crippen LogP) is 4.15. The second-order valence-electron chi connectivity index (χ2n) is 5.00. The van der Waals surface area contributed by atoms with Gasteiger partial charge in [0.1, 0.15) is 5.75 Å². The third-order valence-electron chi connectivity index (χ3n) is 3.26. The second-order valence-corrected chi connectivity index (χ2v) is 5.00. The number of rotatable bonds is 6. The number of methoxy groups -OCH3 is 1. The lowest BCUT2D eigenvalue weighted by molar-refractivity contribution is -0.137. The van der Waals surface area contributed by atoms with Crippen molar-refractivity contribution >= 4 is 17.3 Å². The molecular formula is C17H17F3N2O2. The smallest absolute Gasteiger partial charge is 0.418 e. The maximum Gasteiger partial charge on any atom is 0.418 e. The SMILES string of the molecule is COc1cccc(NCCC(=O)Nc2ccccc2C(F)(F)F)c1. The fraction of sp³-hybridized carbons (Fsp3) is 0.235. The number of amides is 1. The van der Waals surface area contributed by atoms with Gasteiger partial charge in [0.05, 0.1) is 18.4 Å². The Labute approximate surface area is 137 Å². The van der Waals surface area contributed by atoms with Crippen LogP contribution in [0.5, 0.6) is 5.75 Å². The highest BCUT2D eigenvalue weighted by atomic mass is 19.4. The van der Waals surface area contributed by atoms with Crippen molar-refractivity contribution in [3.8, 4) is 5.75 Å². The van der Waals surface area contributed by atoms with Gasteiger partial charge < -0.3 is 15.4 Å². The minimum absolute atomic E-state index is 0.0312. The number of ether oxygens (including phenoxy) is 1. The van der Waals surface area contributed by atoms with E-state index < -0.39 is 17.6 Å². The number of benzene rings is 2. The van der Waals surface area contributed by atoms with E-state index in [9.17, 15) is 18.0 Å². The molecule has 0 fully saturated rings. The molecule has 0 aliphatic rings. The lowest BCUT2D eigenvalue weighted by Gasteiger charge is -2.13. The van der Waals surface area contributed by atoms with Crippen LogP contribution in [0, 0.1) is 0 Å². The van der Waals surface area contributed by atoms with E-state index >= 15 is 0 Å². The van der Waals surface area contributed by atoms with Gasteiger partial charge in [0.15, 0.2) is 0 Å². The predicted molar refractivity (Wildman–Crippen MR) is 86.2 cm³/mol. The zero-order valence-corrected chi connectivity index (χ0v) is 13.0. The fourth-order valence-corrected chi connectivity index (χ4v) is 2.11. The van der Waals surface area contributed by atoms with E-state index in [2.05, 4.69) is 10.6 Å². The number of alkyl halides is 3. The highest BCUT2D eigenvalue weighted by Gasteiger charge is 2.33. The van der Waals surface area contributed by atoms with E-state index in [1.165, 1.54) is 18.2 Å². The van der Waals surface area contributed by atoms with E-state index in [-0.39, 0.29) is 18.7 Å². The van der Waals surface area contributed by atoms with Crippen LogP contribution in [0.3, 0.4) is 0 Å². The van der Waals surface area contributed by atoms with Crippen LogP contribution in [-0.2, 0) is 11.0 Å². The summed E-state index contributed by atoms with van der Waals surface area (Å²) in [6, 6.07) is 12.0. The monoisotopic (exact) mass is 338 g/mol. The number of nitrogens with one attached hydrogen (secondary N) is 2. The first-order valence-electron chi connectivity index (χ1n) is 7.24. The second kappa shape index (κ2) is 7.72. The van der Waals surface area contributed by atoms with Crippen LogP contribution in [0.25, 0.3) is 0 Å². The molecule has 0 aromatic heterocycles. The molecule has 0 saturated carbocycles. The number of carbonyl (C=O) groups excluding carboxylic acids is 1. The van der Waals surface area contributed by atoms with Crippen molar-refractivity contribution in [3.63, 3.8) is 0 Å². The van der Waals surface area contributed by atoms with Gasteiger partial charge in [0.25, 0.3) is 0 Å². The zero-order chi connectivity index (χ0) is 17.6. The number of hydrogen-bond acceptors (Lipinski definition) is 3. The van der Waals surface area contributed by atoms with Crippen LogP contribution >= 0.6 is 0 Å². The number of halogens is 3. The highest BCUT2D eigenvalue weighted by molar-refractivity contribution is 5.91. The fourth-order valence-electron chi connectivity index (χ4n) is 2.11. The summed E-state index contributed by atoms with van der Waals surface area (Å²) < 4.78 is 43.7. The van der Waals surface area contributed by atoms with Gasteiger partial charge in [-0.3, -0.25) is 4.79 Å². The Kier molecular flexibility index (Phi) is 5.68. The Morgan fingerprint density at radius 1 is 1.12 bits per heavy atom. The molecule has 24 heavy (non-hydrogen) atoms. The number of hydrogen-bond donors (Lipinski definition) is 2. The van der Waals surface area contributed by atoms with Crippen molar-refractivity contribution in [2.75, 3.05) is 24.3 Å². The lowest BCUT2D eigenvalue weighted by Crippen LogP contribution is -2.19. The van der Waals surface area contributed by atoms with Crippen molar-refractivity contribution in [2.45, 2.75) is 12.6 Å². The molecule has 0 saturated heterocycles. The van der Waals surface area contributed by atoms with E-state index in [4.69, 9.17) is 4.74 Å². The summed E-state index contributed by atoms with van der Waals surface area (Å²) >= 11 is 0. The van der Waals surface area contributed by atoms with E-state index in [0.717, 1.165) is 11.8 Å². The molecule has 2 N–H and O–H groups in total. The Morgan fingerprint density at radius 2 is 1.88 bits per heavy atom.